The van der Waals surface area contributed by atoms with Crippen molar-refractivity contribution in [3.8, 4) is 0 Å². The van der Waals surface area contributed by atoms with Gasteiger partial charge in [0.1, 0.15) is 24.6 Å². The molecule has 1 aromatic carbocycles. The van der Waals surface area contributed by atoms with Crippen molar-refractivity contribution in [2.75, 3.05) is 0 Å². The second-order valence-corrected chi connectivity index (χ2v) is 10.6. The molecule has 29 heavy (non-hydrogen) atoms. The lowest BCUT2D eigenvalue weighted by atomic mass is 10.0. The molecule has 0 unspecified atom stereocenters. The van der Waals surface area contributed by atoms with E-state index >= 15 is 0 Å². The van der Waals surface area contributed by atoms with Gasteiger partial charge in [0.15, 0.2) is 5.65 Å². The van der Waals surface area contributed by atoms with Gasteiger partial charge < -0.3 is 0 Å². The predicted molar refractivity (Wildman–Crippen MR) is 129 cm³/mol. The molecule has 0 amide bonds. The van der Waals surface area contributed by atoms with Crippen LogP contribution in [0.2, 0.25) is 0 Å². The van der Waals surface area contributed by atoms with Crippen molar-refractivity contribution in [1.29, 1.82) is 0 Å². The molecule has 0 fully saturated rings. The predicted octanol–water partition coefficient (Wildman–Crippen LogP) is 7.27. The fourth-order valence-electron chi connectivity index (χ4n) is 4.53. The molecule has 7 aromatic heterocycles. The van der Waals surface area contributed by atoms with Gasteiger partial charge >= 0.3 is 0 Å². The largest absolute Gasteiger partial charge is 0.281 e. The lowest BCUT2D eigenvalue weighted by Crippen LogP contribution is -1.91. The zero-order chi connectivity index (χ0) is 19.0. The molecule has 7 heterocycles. The van der Waals surface area contributed by atoms with Crippen LogP contribution in [0.5, 0.6) is 0 Å². The molecule has 0 spiro atoms. The van der Waals surface area contributed by atoms with Gasteiger partial charge in [0, 0.05) is 21.5 Å². The van der Waals surface area contributed by atoms with E-state index in [0.717, 1.165) is 61.4 Å². The minimum absolute atomic E-state index is 0.810. The van der Waals surface area contributed by atoms with Crippen molar-refractivity contribution in [2.24, 2.45) is 0 Å². The van der Waals surface area contributed by atoms with Crippen LogP contribution >= 0.6 is 58.4 Å². The Morgan fingerprint density at radius 1 is 0.690 bits per heavy atom. The minimum atomic E-state index is 0.810. The van der Waals surface area contributed by atoms with Crippen LogP contribution < -0.4 is 0 Å². The summed E-state index contributed by atoms with van der Waals surface area (Å²) < 4.78 is 8.14. The van der Waals surface area contributed by atoms with Gasteiger partial charge in [0.05, 0.1) is 20.4 Å². The SMILES string of the molecule is S=c1c2sc3c4c(ccc(c24)c2nc4sccc4n12)c(=S)n1c2ccsc2nc31. The molecule has 0 aliphatic rings. The van der Waals surface area contributed by atoms with E-state index < -0.39 is 0 Å². The van der Waals surface area contributed by atoms with Crippen LogP contribution in [-0.2, 0) is 0 Å². The molecule has 0 saturated carbocycles. The smallest absolute Gasteiger partial charge is 0.158 e. The fourth-order valence-corrected chi connectivity index (χ4v) is 8.03. The molecule has 136 valence electrons. The second-order valence-electron chi connectivity index (χ2n) is 7.04. The first-order valence-corrected chi connectivity index (χ1v) is 12.2. The summed E-state index contributed by atoms with van der Waals surface area (Å²) in [6, 6.07) is 8.49. The van der Waals surface area contributed by atoms with Crippen LogP contribution in [0.1, 0.15) is 0 Å². The first-order chi connectivity index (χ1) is 14.2. The van der Waals surface area contributed by atoms with Gasteiger partial charge in [0.25, 0.3) is 0 Å². The highest BCUT2D eigenvalue weighted by atomic mass is 32.1. The Balaban J connectivity index is 1.79. The normalized spacial score (nSPS) is 13.1. The molecular formula is C20H6N4S5. The molecule has 8 aromatic rings. The van der Waals surface area contributed by atoms with Gasteiger partial charge in [-0.25, -0.2) is 9.97 Å². The maximum Gasteiger partial charge on any atom is 0.158 e. The number of pyridine rings is 2. The molecule has 0 aliphatic carbocycles. The summed E-state index contributed by atoms with van der Waals surface area (Å²) in [5.41, 5.74) is 4.03. The van der Waals surface area contributed by atoms with Gasteiger partial charge in [-0.15, -0.1) is 34.0 Å². The summed E-state index contributed by atoms with van der Waals surface area (Å²) in [5, 5.41) is 8.70. The number of nitrogens with zero attached hydrogens (tertiary/aromatic N) is 4. The maximum absolute atomic E-state index is 5.98. The number of hydrogen-bond donors (Lipinski definition) is 0. The third-order valence-corrected chi connectivity index (χ3v) is 9.41. The molecule has 9 heteroatoms. The van der Waals surface area contributed by atoms with Crippen LogP contribution in [0, 0.1) is 9.28 Å². The van der Waals surface area contributed by atoms with Gasteiger partial charge in [-0.3, -0.25) is 8.80 Å². The highest BCUT2D eigenvalue weighted by molar-refractivity contribution is 7.72. The second kappa shape index (κ2) is 4.88. The average Bonchev–Trinajstić information content (AvgIpc) is 3.48. The van der Waals surface area contributed by atoms with Gasteiger partial charge in [-0.1, -0.05) is 30.5 Å². The number of imidazole rings is 2. The van der Waals surface area contributed by atoms with Crippen molar-refractivity contribution < 1.29 is 0 Å². The number of thiophene rings is 3. The lowest BCUT2D eigenvalue weighted by Gasteiger charge is -2.06. The minimum Gasteiger partial charge on any atom is -0.281 e. The van der Waals surface area contributed by atoms with Gasteiger partial charge in [-0.2, -0.15) is 0 Å². The Morgan fingerprint density at radius 3 is 2.07 bits per heavy atom. The molecule has 0 aliphatic heterocycles. The number of benzene rings is 1. The van der Waals surface area contributed by atoms with Gasteiger partial charge in [-0.05, 0) is 29.0 Å². The van der Waals surface area contributed by atoms with E-state index in [-0.39, 0.29) is 0 Å². The summed E-state index contributed by atoms with van der Waals surface area (Å²) in [7, 11) is 0. The first-order valence-electron chi connectivity index (χ1n) is 8.84. The van der Waals surface area contributed by atoms with Crippen molar-refractivity contribution in [3.05, 3.63) is 44.3 Å². The van der Waals surface area contributed by atoms with E-state index in [2.05, 4.69) is 43.8 Å². The Hall–Kier alpha value is -2.30. The monoisotopic (exact) mass is 462 g/mol. The van der Waals surface area contributed by atoms with Crippen molar-refractivity contribution in [2.45, 2.75) is 0 Å². The number of rotatable bonds is 0. The van der Waals surface area contributed by atoms with E-state index in [0.29, 0.717) is 0 Å². The van der Waals surface area contributed by atoms with Crippen LogP contribution in [0.4, 0.5) is 0 Å². The molecule has 0 N–H and O–H groups in total. The molecule has 0 bridgehead atoms. The number of aromatic nitrogens is 4. The first kappa shape index (κ1) is 15.5. The van der Waals surface area contributed by atoms with E-state index in [4.69, 9.17) is 34.4 Å². The fraction of sp³-hybridized carbons (Fsp3) is 0. The summed E-state index contributed by atoms with van der Waals surface area (Å²) in [5.74, 6) is 0. The number of fused-ring (bicyclic) bond motifs is 8. The van der Waals surface area contributed by atoms with Crippen LogP contribution in [0.15, 0.2) is 35.0 Å². The molecule has 0 saturated heterocycles. The maximum atomic E-state index is 5.98. The Morgan fingerprint density at radius 2 is 1.31 bits per heavy atom. The highest BCUT2D eigenvalue weighted by Gasteiger charge is 2.23. The molecule has 0 atom stereocenters. The third kappa shape index (κ3) is 1.61. The topological polar surface area (TPSA) is 34.6 Å². The average molecular weight is 463 g/mol. The Bertz CT molecular complexity index is 2070. The zero-order valence-electron chi connectivity index (χ0n) is 14.3. The quantitative estimate of drug-likeness (QED) is 0.175. The zero-order valence-corrected chi connectivity index (χ0v) is 18.4. The highest BCUT2D eigenvalue weighted by Crippen LogP contribution is 2.45. The summed E-state index contributed by atoms with van der Waals surface area (Å²) >= 11 is 16.9. The van der Waals surface area contributed by atoms with Crippen molar-refractivity contribution in [3.63, 3.8) is 0 Å². The summed E-state index contributed by atoms with van der Waals surface area (Å²) in [6.07, 6.45) is 0. The van der Waals surface area contributed by atoms with Crippen LogP contribution in [-0.4, -0.2) is 18.8 Å². The van der Waals surface area contributed by atoms with E-state index in [1.807, 2.05) is 0 Å². The van der Waals surface area contributed by atoms with Crippen LogP contribution in [0.3, 0.4) is 0 Å². The Kier molecular flexibility index (Phi) is 2.61. The molecule has 0 radical (unpaired) electrons. The summed E-state index contributed by atoms with van der Waals surface area (Å²) in [6.45, 7) is 0. The molecular weight excluding hydrogens is 457 g/mol. The van der Waals surface area contributed by atoms with E-state index in [1.54, 1.807) is 34.0 Å². The Labute approximate surface area is 183 Å². The van der Waals surface area contributed by atoms with E-state index in [9.17, 15) is 0 Å². The van der Waals surface area contributed by atoms with Crippen molar-refractivity contribution >= 4 is 121 Å². The van der Waals surface area contributed by atoms with Crippen molar-refractivity contribution in [1.82, 2.24) is 18.8 Å². The molecule has 4 nitrogen and oxygen atoms in total. The van der Waals surface area contributed by atoms with Crippen LogP contribution in [0.25, 0.3) is 62.9 Å². The number of hydrogen-bond acceptors (Lipinski definition) is 7. The van der Waals surface area contributed by atoms with E-state index in [1.165, 1.54) is 10.8 Å². The standard InChI is InChI=1S/C20H6N4S5/c25-19-8-2-1-7-11-12(8)13(16-22-18-10(24(16)19)4-6-28-18)29-14(11)20(26)23-9-3-5-27-17(9)21-15(7)23/h1-6H. The molecule has 8 rings (SSSR count). The summed E-state index contributed by atoms with van der Waals surface area (Å²) in [4.78, 5) is 11.9. The third-order valence-electron chi connectivity index (χ3n) is 5.71. The lowest BCUT2D eigenvalue weighted by molar-refractivity contribution is 1.24. The van der Waals surface area contributed by atoms with Gasteiger partial charge in [0.2, 0.25) is 0 Å².